The Morgan fingerprint density at radius 2 is 2.05 bits per heavy atom. The molecule has 1 fully saturated rings. The highest BCUT2D eigenvalue weighted by atomic mass is 16.2. The summed E-state index contributed by atoms with van der Waals surface area (Å²) in [5.41, 5.74) is 6.56. The summed E-state index contributed by atoms with van der Waals surface area (Å²) in [4.78, 5) is 36.1. The van der Waals surface area contributed by atoms with Crippen LogP contribution in [0.4, 0.5) is 0 Å². The maximum atomic E-state index is 12.3. The van der Waals surface area contributed by atoms with Gasteiger partial charge in [0, 0.05) is 12.2 Å². The highest BCUT2D eigenvalue weighted by Gasteiger charge is 2.28. The van der Waals surface area contributed by atoms with Crippen molar-refractivity contribution in [3.63, 3.8) is 0 Å². The molecule has 3 N–H and O–H groups in total. The van der Waals surface area contributed by atoms with Gasteiger partial charge >= 0.3 is 0 Å². The third-order valence-corrected chi connectivity index (χ3v) is 3.14. The number of aryl methyl sites for hydroxylation is 1. The Kier molecular flexibility index (Phi) is 4.14. The summed E-state index contributed by atoms with van der Waals surface area (Å²) in [6.45, 7) is 2.73. The first kappa shape index (κ1) is 14.2. The highest BCUT2D eigenvalue weighted by molar-refractivity contribution is 6.05. The van der Waals surface area contributed by atoms with Gasteiger partial charge in [-0.25, -0.2) is 0 Å². The lowest BCUT2D eigenvalue weighted by Gasteiger charge is -2.25. The number of rotatable bonds is 4. The van der Waals surface area contributed by atoms with Gasteiger partial charge in [-0.05, 0) is 19.9 Å². The van der Waals surface area contributed by atoms with Crippen LogP contribution in [-0.4, -0.2) is 52.0 Å². The number of hydrogen-bond acceptors (Lipinski definition) is 5. The molecule has 2 heterocycles. The molecule has 1 aliphatic rings. The quantitative estimate of drug-likeness (QED) is 0.661. The summed E-state index contributed by atoms with van der Waals surface area (Å²) >= 11 is 0. The lowest BCUT2D eigenvalue weighted by molar-refractivity contribution is -0.135. The van der Waals surface area contributed by atoms with E-state index in [0.29, 0.717) is 24.3 Å². The van der Waals surface area contributed by atoms with Crippen LogP contribution in [0.3, 0.4) is 0 Å². The molecule has 2 rings (SSSR count). The Labute approximate surface area is 115 Å². The van der Waals surface area contributed by atoms with Crippen LogP contribution in [0.2, 0.25) is 0 Å². The lowest BCUT2D eigenvalue weighted by atomic mass is 10.2. The lowest BCUT2D eigenvalue weighted by Crippen LogP contribution is -2.53. The van der Waals surface area contributed by atoms with Gasteiger partial charge in [-0.2, -0.15) is 5.10 Å². The van der Waals surface area contributed by atoms with Crippen LogP contribution in [0.25, 0.3) is 0 Å². The van der Waals surface area contributed by atoms with Gasteiger partial charge in [0.05, 0.1) is 11.8 Å². The van der Waals surface area contributed by atoms with Gasteiger partial charge in [0.1, 0.15) is 13.1 Å². The number of piperazine rings is 1. The molecule has 1 aromatic rings. The minimum atomic E-state index is -0.470. The summed E-state index contributed by atoms with van der Waals surface area (Å²) < 4.78 is 1.70. The van der Waals surface area contributed by atoms with Crippen LogP contribution >= 0.6 is 0 Å². The summed E-state index contributed by atoms with van der Waals surface area (Å²) in [5.74, 6) is -1.30. The first-order valence-corrected chi connectivity index (χ1v) is 6.37. The summed E-state index contributed by atoms with van der Waals surface area (Å²) in [6, 6.07) is 0. The molecule has 0 spiro atoms. The van der Waals surface area contributed by atoms with Crippen LogP contribution in [-0.2, 0) is 16.1 Å². The zero-order valence-electron chi connectivity index (χ0n) is 11.3. The van der Waals surface area contributed by atoms with Crippen LogP contribution < -0.4 is 11.1 Å². The predicted molar refractivity (Wildman–Crippen MR) is 69.7 cm³/mol. The van der Waals surface area contributed by atoms with Crippen LogP contribution in [0.15, 0.2) is 6.20 Å². The van der Waals surface area contributed by atoms with Crippen molar-refractivity contribution in [3.8, 4) is 0 Å². The maximum Gasteiger partial charge on any atom is 0.258 e. The number of nitrogens with two attached hydrogens (primary N) is 1. The van der Waals surface area contributed by atoms with Crippen LogP contribution in [0.1, 0.15) is 22.5 Å². The molecular weight excluding hydrogens is 262 g/mol. The molecule has 0 bridgehead atoms. The Hall–Kier alpha value is -2.22. The number of carbonyl (C=O) groups excluding carboxylic acids is 3. The Morgan fingerprint density at radius 1 is 1.40 bits per heavy atom. The van der Waals surface area contributed by atoms with Gasteiger partial charge < -0.3 is 10.6 Å². The van der Waals surface area contributed by atoms with Crippen molar-refractivity contribution in [2.24, 2.45) is 5.73 Å². The molecule has 0 unspecified atom stereocenters. The fourth-order valence-corrected chi connectivity index (χ4v) is 2.07. The summed E-state index contributed by atoms with van der Waals surface area (Å²) in [5, 5.41) is 6.29. The van der Waals surface area contributed by atoms with Crippen molar-refractivity contribution >= 4 is 17.7 Å². The average Bonchev–Trinajstić information content (AvgIpc) is 2.75. The van der Waals surface area contributed by atoms with E-state index in [0.717, 1.165) is 6.42 Å². The minimum Gasteiger partial charge on any atom is -0.330 e. The van der Waals surface area contributed by atoms with Gasteiger partial charge in [0.25, 0.3) is 5.91 Å². The van der Waals surface area contributed by atoms with Crippen molar-refractivity contribution in [2.45, 2.75) is 19.9 Å². The number of imide groups is 1. The zero-order chi connectivity index (χ0) is 14.7. The third-order valence-electron chi connectivity index (χ3n) is 3.14. The van der Waals surface area contributed by atoms with Crippen LogP contribution in [0, 0.1) is 6.92 Å². The molecule has 0 aromatic carbocycles. The van der Waals surface area contributed by atoms with Crippen LogP contribution in [0.5, 0.6) is 0 Å². The van der Waals surface area contributed by atoms with E-state index in [4.69, 9.17) is 5.73 Å². The molecule has 8 nitrogen and oxygen atoms in total. The minimum absolute atomic E-state index is 0.113. The van der Waals surface area contributed by atoms with E-state index in [1.165, 1.54) is 11.1 Å². The van der Waals surface area contributed by atoms with Gasteiger partial charge in [-0.1, -0.05) is 0 Å². The van der Waals surface area contributed by atoms with Crippen molar-refractivity contribution in [2.75, 3.05) is 19.6 Å². The van der Waals surface area contributed by atoms with Crippen molar-refractivity contribution in [3.05, 3.63) is 17.5 Å². The predicted octanol–water partition coefficient (Wildman–Crippen LogP) is -1.36. The number of amides is 3. The normalized spacial score (nSPS) is 15.4. The smallest absolute Gasteiger partial charge is 0.258 e. The number of aromatic nitrogens is 2. The molecule has 20 heavy (non-hydrogen) atoms. The average molecular weight is 279 g/mol. The van der Waals surface area contributed by atoms with E-state index in [-0.39, 0.29) is 19.0 Å². The fraction of sp³-hybridized carbons (Fsp3) is 0.500. The molecule has 1 aliphatic heterocycles. The maximum absolute atomic E-state index is 12.3. The molecule has 0 aliphatic carbocycles. The highest BCUT2D eigenvalue weighted by Crippen LogP contribution is 2.12. The van der Waals surface area contributed by atoms with Crippen molar-refractivity contribution in [1.29, 1.82) is 0 Å². The first-order chi connectivity index (χ1) is 9.52. The molecule has 0 saturated carbocycles. The Balaban J connectivity index is 2.14. The van der Waals surface area contributed by atoms with E-state index < -0.39 is 11.8 Å². The number of nitrogens with one attached hydrogen (secondary N) is 1. The molecule has 1 saturated heterocycles. The van der Waals surface area contributed by atoms with Crippen molar-refractivity contribution in [1.82, 2.24) is 20.0 Å². The standard InChI is InChI=1S/C12H17N5O3/c1-8-9(5-14-17(8)4-2-3-13)12(20)16-6-10(18)15-11(19)7-16/h5H,2-4,6-7,13H2,1H3,(H,15,18,19). The molecule has 1 aromatic heterocycles. The number of nitrogens with zero attached hydrogens (tertiary/aromatic N) is 3. The van der Waals surface area contributed by atoms with E-state index in [1.807, 2.05) is 0 Å². The van der Waals surface area contributed by atoms with Crippen molar-refractivity contribution < 1.29 is 14.4 Å². The zero-order valence-corrected chi connectivity index (χ0v) is 11.3. The second-order valence-electron chi connectivity index (χ2n) is 4.64. The van der Waals surface area contributed by atoms with E-state index >= 15 is 0 Å². The fourth-order valence-electron chi connectivity index (χ4n) is 2.07. The second kappa shape index (κ2) is 5.83. The van der Waals surface area contributed by atoms with E-state index in [9.17, 15) is 14.4 Å². The molecule has 108 valence electrons. The van der Waals surface area contributed by atoms with Gasteiger partial charge in [-0.15, -0.1) is 0 Å². The first-order valence-electron chi connectivity index (χ1n) is 6.37. The van der Waals surface area contributed by atoms with Gasteiger partial charge in [-0.3, -0.25) is 24.4 Å². The molecule has 0 radical (unpaired) electrons. The monoisotopic (exact) mass is 279 g/mol. The van der Waals surface area contributed by atoms with E-state index in [1.54, 1.807) is 11.6 Å². The molecule has 0 atom stereocenters. The van der Waals surface area contributed by atoms with E-state index in [2.05, 4.69) is 10.4 Å². The molecule has 8 heteroatoms. The Bertz CT molecular complexity index is 535. The molecular formula is C12H17N5O3. The largest absolute Gasteiger partial charge is 0.330 e. The molecule has 3 amide bonds. The van der Waals surface area contributed by atoms with Gasteiger partial charge in [0.2, 0.25) is 11.8 Å². The second-order valence-corrected chi connectivity index (χ2v) is 4.64. The van der Waals surface area contributed by atoms with Gasteiger partial charge in [0.15, 0.2) is 0 Å². The third kappa shape index (κ3) is 2.85. The topological polar surface area (TPSA) is 110 Å². The number of hydrogen-bond donors (Lipinski definition) is 2. The number of carbonyl (C=O) groups is 3. The summed E-state index contributed by atoms with van der Waals surface area (Å²) in [6.07, 6.45) is 2.23. The SMILES string of the molecule is Cc1c(C(=O)N2CC(=O)NC(=O)C2)cnn1CCCN. The summed E-state index contributed by atoms with van der Waals surface area (Å²) in [7, 11) is 0. The Morgan fingerprint density at radius 3 is 2.65 bits per heavy atom.